The number of nitrogens with one attached hydrogen (secondary N) is 1. The van der Waals surface area contributed by atoms with Crippen molar-refractivity contribution in [2.45, 2.75) is 25.0 Å². The van der Waals surface area contributed by atoms with E-state index in [0.29, 0.717) is 5.92 Å². The minimum Gasteiger partial charge on any atom is -0.391 e. The Balaban J connectivity index is 1.91. The Kier molecular flexibility index (Phi) is 2.23. The molecule has 0 unspecified atom stereocenters. The topological polar surface area (TPSA) is 62.0 Å². The normalized spacial score (nSPS) is 19.9. The van der Waals surface area contributed by atoms with Crippen LogP contribution >= 0.6 is 0 Å². The van der Waals surface area contributed by atoms with Crippen molar-refractivity contribution in [3.05, 3.63) is 36.0 Å². The van der Waals surface area contributed by atoms with E-state index in [2.05, 4.69) is 4.98 Å². The van der Waals surface area contributed by atoms with Gasteiger partial charge in [0.1, 0.15) is 0 Å². The molecule has 0 bridgehead atoms. The highest BCUT2D eigenvalue weighted by atomic mass is 16.3. The largest absolute Gasteiger partial charge is 0.391 e. The summed E-state index contributed by atoms with van der Waals surface area (Å²) in [6.45, 7) is 0. The molecule has 1 heterocycles. The number of aliphatic hydroxyl groups excluding tert-OH is 1. The number of benzene rings is 1. The van der Waals surface area contributed by atoms with Crippen molar-refractivity contribution in [2.24, 2.45) is 11.7 Å². The first-order valence-corrected chi connectivity index (χ1v) is 5.76. The monoisotopic (exact) mass is 216 g/mol. The van der Waals surface area contributed by atoms with Crippen LogP contribution in [-0.4, -0.2) is 16.2 Å². The molecule has 1 aliphatic rings. The van der Waals surface area contributed by atoms with Crippen LogP contribution in [0.1, 0.15) is 24.4 Å². The molecule has 0 saturated heterocycles. The molecule has 1 aliphatic carbocycles. The molecule has 1 fully saturated rings. The fourth-order valence-corrected chi connectivity index (χ4v) is 2.20. The van der Waals surface area contributed by atoms with E-state index in [4.69, 9.17) is 5.73 Å². The third kappa shape index (κ3) is 1.62. The summed E-state index contributed by atoms with van der Waals surface area (Å²) < 4.78 is 0. The number of rotatable bonds is 3. The van der Waals surface area contributed by atoms with E-state index in [0.717, 1.165) is 23.9 Å². The van der Waals surface area contributed by atoms with Gasteiger partial charge in [0.05, 0.1) is 12.1 Å². The Morgan fingerprint density at radius 2 is 2.12 bits per heavy atom. The second kappa shape index (κ2) is 3.61. The van der Waals surface area contributed by atoms with Gasteiger partial charge in [-0.2, -0.15) is 0 Å². The summed E-state index contributed by atoms with van der Waals surface area (Å²) in [7, 11) is 0. The smallest absolute Gasteiger partial charge is 0.0760 e. The highest BCUT2D eigenvalue weighted by Crippen LogP contribution is 2.37. The molecular weight excluding hydrogens is 200 g/mol. The third-order valence-electron chi connectivity index (χ3n) is 3.44. The molecule has 0 amide bonds. The number of fused-ring (bicyclic) bond motifs is 1. The van der Waals surface area contributed by atoms with Gasteiger partial charge in [-0.1, -0.05) is 12.1 Å². The molecule has 1 saturated carbocycles. The van der Waals surface area contributed by atoms with Gasteiger partial charge in [-0.05, 0) is 41.8 Å². The summed E-state index contributed by atoms with van der Waals surface area (Å²) in [5.74, 6) is 0.411. The van der Waals surface area contributed by atoms with E-state index < -0.39 is 6.10 Å². The maximum absolute atomic E-state index is 10.00. The highest BCUT2D eigenvalue weighted by Gasteiger charge is 2.34. The second-order valence-electron chi connectivity index (χ2n) is 4.68. The molecule has 2 aromatic rings. The minimum atomic E-state index is -0.396. The van der Waals surface area contributed by atoms with Crippen LogP contribution in [0.5, 0.6) is 0 Å². The van der Waals surface area contributed by atoms with Gasteiger partial charge in [-0.25, -0.2) is 0 Å². The number of hydrogen-bond acceptors (Lipinski definition) is 2. The molecule has 0 radical (unpaired) electrons. The predicted octanol–water partition coefficient (Wildman–Crippen LogP) is 1.94. The van der Waals surface area contributed by atoms with Crippen molar-refractivity contribution in [3.63, 3.8) is 0 Å². The Morgan fingerprint density at radius 1 is 1.31 bits per heavy atom. The first-order chi connectivity index (χ1) is 7.75. The van der Waals surface area contributed by atoms with E-state index in [1.807, 2.05) is 30.5 Å². The van der Waals surface area contributed by atoms with Crippen LogP contribution in [0.15, 0.2) is 30.5 Å². The maximum Gasteiger partial charge on any atom is 0.0760 e. The molecule has 3 heteroatoms. The summed E-state index contributed by atoms with van der Waals surface area (Å²) in [6, 6.07) is 7.85. The number of aliphatic hydroxyl groups is 1. The summed E-state index contributed by atoms with van der Waals surface area (Å²) in [6.07, 6.45) is 3.74. The Bertz CT molecular complexity index is 501. The molecule has 2 atom stereocenters. The van der Waals surface area contributed by atoms with Gasteiger partial charge in [0.2, 0.25) is 0 Å². The number of aromatic amines is 1. The van der Waals surface area contributed by atoms with Crippen LogP contribution in [0.3, 0.4) is 0 Å². The number of hydrogen-bond donors (Lipinski definition) is 3. The van der Waals surface area contributed by atoms with Gasteiger partial charge >= 0.3 is 0 Å². The molecular formula is C13H16N2O. The lowest BCUT2D eigenvalue weighted by Gasteiger charge is -2.18. The molecule has 3 nitrogen and oxygen atoms in total. The van der Waals surface area contributed by atoms with E-state index in [9.17, 15) is 5.11 Å². The summed E-state index contributed by atoms with van der Waals surface area (Å²) in [4.78, 5) is 3.16. The van der Waals surface area contributed by atoms with E-state index in [1.165, 1.54) is 5.39 Å². The van der Waals surface area contributed by atoms with E-state index in [-0.39, 0.29) is 6.04 Å². The van der Waals surface area contributed by atoms with Crippen LogP contribution in [0, 0.1) is 5.92 Å². The standard InChI is InChI=1S/C13H16N2O/c14-12(13(16)9-2-3-9)10-4-1-8-5-6-15-11(8)7-10/h1,4-7,9,12-13,15-16H,2-3,14H2/t12-,13+/m0/s1. The number of H-pyrrole nitrogens is 1. The van der Waals surface area contributed by atoms with Gasteiger partial charge < -0.3 is 15.8 Å². The SMILES string of the molecule is N[C@@H](c1ccc2cc[nH]c2c1)[C@H](O)C1CC1. The Hall–Kier alpha value is -1.32. The molecule has 0 aliphatic heterocycles. The first-order valence-electron chi connectivity index (χ1n) is 5.76. The minimum absolute atomic E-state index is 0.264. The summed E-state index contributed by atoms with van der Waals surface area (Å²) in [5, 5.41) is 11.2. The summed E-state index contributed by atoms with van der Waals surface area (Å²) >= 11 is 0. The number of aromatic nitrogens is 1. The van der Waals surface area contributed by atoms with Crippen molar-refractivity contribution in [1.29, 1.82) is 0 Å². The van der Waals surface area contributed by atoms with Crippen molar-refractivity contribution in [1.82, 2.24) is 4.98 Å². The van der Waals surface area contributed by atoms with Crippen LogP contribution in [-0.2, 0) is 0 Å². The third-order valence-corrected chi connectivity index (χ3v) is 3.44. The van der Waals surface area contributed by atoms with Gasteiger partial charge in [0.25, 0.3) is 0 Å². The van der Waals surface area contributed by atoms with E-state index in [1.54, 1.807) is 0 Å². The molecule has 3 rings (SSSR count). The van der Waals surface area contributed by atoms with Gasteiger partial charge in [0, 0.05) is 11.7 Å². The zero-order chi connectivity index (χ0) is 11.1. The van der Waals surface area contributed by atoms with Gasteiger partial charge in [-0.15, -0.1) is 0 Å². The number of nitrogens with two attached hydrogens (primary N) is 1. The van der Waals surface area contributed by atoms with Crippen LogP contribution in [0.25, 0.3) is 10.9 Å². The molecule has 84 valence electrons. The fraction of sp³-hybridized carbons (Fsp3) is 0.385. The lowest BCUT2D eigenvalue weighted by atomic mass is 9.98. The highest BCUT2D eigenvalue weighted by molar-refractivity contribution is 5.80. The van der Waals surface area contributed by atoms with Crippen molar-refractivity contribution >= 4 is 10.9 Å². The lowest BCUT2D eigenvalue weighted by Crippen LogP contribution is -2.27. The average Bonchev–Trinajstić information content (AvgIpc) is 3.05. The molecule has 4 N–H and O–H groups in total. The molecule has 16 heavy (non-hydrogen) atoms. The van der Waals surface area contributed by atoms with Crippen LogP contribution in [0.2, 0.25) is 0 Å². The quantitative estimate of drug-likeness (QED) is 0.734. The predicted molar refractivity (Wildman–Crippen MR) is 64.0 cm³/mol. The second-order valence-corrected chi connectivity index (χ2v) is 4.68. The Labute approximate surface area is 94.3 Å². The van der Waals surface area contributed by atoms with Crippen molar-refractivity contribution < 1.29 is 5.11 Å². The van der Waals surface area contributed by atoms with Gasteiger partial charge in [-0.3, -0.25) is 0 Å². The van der Waals surface area contributed by atoms with Gasteiger partial charge in [0.15, 0.2) is 0 Å². The molecule has 1 aromatic heterocycles. The first kappa shape index (κ1) is 9.87. The fourth-order valence-electron chi connectivity index (χ4n) is 2.20. The maximum atomic E-state index is 10.00. The summed E-state index contributed by atoms with van der Waals surface area (Å²) in [5.41, 5.74) is 8.16. The molecule has 1 aromatic carbocycles. The van der Waals surface area contributed by atoms with Crippen LogP contribution < -0.4 is 5.73 Å². The Morgan fingerprint density at radius 3 is 2.88 bits per heavy atom. The molecule has 0 spiro atoms. The zero-order valence-electron chi connectivity index (χ0n) is 9.06. The van der Waals surface area contributed by atoms with Crippen molar-refractivity contribution in [2.75, 3.05) is 0 Å². The van der Waals surface area contributed by atoms with Crippen molar-refractivity contribution in [3.8, 4) is 0 Å². The van der Waals surface area contributed by atoms with E-state index >= 15 is 0 Å². The van der Waals surface area contributed by atoms with Crippen LogP contribution in [0.4, 0.5) is 0 Å². The zero-order valence-corrected chi connectivity index (χ0v) is 9.06. The average molecular weight is 216 g/mol. The lowest BCUT2D eigenvalue weighted by molar-refractivity contribution is 0.122.